The third kappa shape index (κ3) is 13.5. The average molecular weight is 995 g/mol. The average Bonchev–Trinajstić information content (AvgIpc) is 3.39. The summed E-state index contributed by atoms with van der Waals surface area (Å²) in [5.41, 5.74) is 2.03. The van der Waals surface area contributed by atoms with Crippen LogP contribution in [0.15, 0.2) is 158 Å². The summed E-state index contributed by atoms with van der Waals surface area (Å²) in [4.78, 5) is 25.1. The molecule has 6 rings (SSSR count). The van der Waals surface area contributed by atoms with Crippen LogP contribution in [0.1, 0.15) is 46.2 Å². The van der Waals surface area contributed by atoms with Crippen LogP contribution in [0.4, 0.5) is 0 Å². The molecule has 0 fully saturated rings. The van der Waals surface area contributed by atoms with E-state index in [0.29, 0.717) is 23.0 Å². The number of methoxy groups -OCH3 is 4. The summed E-state index contributed by atoms with van der Waals surface area (Å²) in [6, 6.07) is 48.3. The molecular formula is C54H58O14S2. The largest absolute Gasteiger partial charge is 0.497 e. The van der Waals surface area contributed by atoms with Crippen molar-refractivity contribution in [2.24, 2.45) is 0 Å². The van der Waals surface area contributed by atoms with Gasteiger partial charge in [-0.15, -0.1) is 0 Å². The Bertz CT molecular complexity index is 2510. The van der Waals surface area contributed by atoms with Crippen LogP contribution in [0.25, 0.3) is 0 Å². The summed E-state index contributed by atoms with van der Waals surface area (Å²) in [7, 11) is -1.32. The van der Waals surface area contributed by atoms with Crippen molar-refractivity contribution in [1.29, 1.82) is 0 Å². The van der Waals surface area contributed by atoms with Gasteiger partial charge >= 0.3 is 11.9 Å². The number of benzene rings is 6. The molecule has 16 heteroatoms. The first-order valence-electron chi connectivity index (χ1n) is 22.5. The van der Waals surface area contributed by atoms with Crippen molar-refractivity contribution in [1.82, 2.24) is 0 Å². The molecule has 0 spiro atoms. The Hall–Kier alpha value is -6.72. The zero-order chi connectivity index (χ0) is 50.0. The van der Waals surface area contributed by atoms with Crippen molar-refractivity contribution in [3.05, 3.63) is 191 Å². The van der Waals surface area contributed by atoms with Crippen LogP contribution in [-0.4, -0.2) is 107 Å². The molecule has 0 unspecified atom stereocenters. The first-order valence-corrected chi connectivity index (χ1v) is 26.1. The van der Waals surface area contributed by atoms with E-state index >= 15 is 0 Å². The molecule has 6 aromatic rings. The maximum Gasteiger partial charge on any atom is 0.306 e. The van der Waals surface area contributed by atoms with E-state index < -0.39 is 80.4 Å². The van der Waals surface area contributed by atoms with Crippen molar-refractivity contribution >= 4 is 31.6 Å². The summed E-state index contributed by atoms with van der Waals surface area (Å²) < 4.78 is 98.2. The molecule has 0 heterocycles. The molecule has 0 radical (unpaired) electrons. The standard InChI is InChI=1S/C54H58O14S2/c1-61-47-23-15-43(16-24-47)53(41-11-7-5-8-12-41,44-17-25-48(62-2)26-18-44)67-35-39-69(57,58)37-33-65-51(55)31-32-52(56)66-34-38-70(59,60)40-36-68-54(42-13-9-6-10-14-42,45-19-27-49(63-3)28-20-45)46-21-29-50(64-4)30-22-46/h5-30H,31-40H2,1-4H3. The molecule has 0 bridgehead atoms. The van der Waals surface area contributed by atoms with Crippen LogP contribution in [0.2, 0.25) is 0 Å². The summed E-state index contributed by atoms with van der Waals surface area (Å²) >= 11 is 0. The number of hydrogen-bond donors (Lipinski definition) is 0. The van der Waals surface area contributed by atoms with Crippen LogP contribution in [0.5, 0.6) is 23.0 Å². The van der Waals surface area contributed by atoms with Gasteiger partial charge < -0.3 is 37.9 Å². The zero-order valence-corrected chi connectivity index (χ0v) is 41.2. The molecular weight excluding hydrogens is 937 g/mol. The third-order valence-electron chi connectivity index (χ3n) is 11.6. The maximum absolute atomic E-state index is 13.2. The molecule has 0 aliphatic rings. The van der Waals surface area contributed by atoms with Crippen LogP contribution < -0.4 is 18.9 Å². The minimum Gasteiger partial charge on any atom is -0.497 e. The normalized spacial score (nSPS) is 11.9. The van der Waals surface area contributed by atoms with Crippen molar-refractivity contribution in [3.8, 4) is 23.0 Å². The van der Waals surface area contributed by atoms with Crippen LogP contribution >= 0.6 is 0 Å². The lowest BCUT2D eigenvalue weighted by Gasteiger charge is -2.36. The highest BCUT2D eigenvalue weighted by Crippen LogP contribution is 2.43. The Morgan fingerprint density at radius 1 is 0.357 bits per heavy atom. The van der Waals surface area contributed by atoms with Gasteiger partial charge in [0.05, 0.1) is 77.5 Å². The summed E-state index contributed by atoms with van der Waals surface area (Å²) in [6.45, 7) is -1.31. The lowest BCUT2D eigenvalue weighted by Crippen LogP contribution is -2.35. The minimum atomic E-state index is -3.80. The quantitative estimate of drug-likeness (QED) is 0.0362. The molecule has 0 atom stereocenters. The van der Waals surface area contributed by atoms with Crippen LogP contribution in [-0.2, 0) is 59.4 Å². The Kier molecular flexibility index (Phi) is 18.6. The zero-order valence-electron chi connectivity index (χ0n) is 39.6. The molecule has 70 heavy (non-hydrogen) atoms. The number of rotatable bonds is 27. The SMILES string of the molecule is COc1ccc(C(OCCS(=O)(=O)CCOC(=O)CCC(=O)OCCS(=O)(=O)CCOC(c2ccccc2)(c2ccc(OC)cc2)c2ccc(OC)cc2)(c2ccccc2)c2ccc(OC)cc2)cc1. The molecule has 0 saturated carbocycles. The molecule has 0 aromatic heterocycles. The van der Waals surface area contributed by atoms with Gasteiger partial charge in [-0.25, -0.2) is 16.8 Å². The van der Waals surface area contributed by atoms with Crippen molar-refractivity contribution in [2.45, 2.75) is 24.0 Å². The topological polar surface area (TPSA) is 176 Å². The summed E-state index contributed by atoms with van der Waals surface area (Å²) in [6.07, 6.45) is -0.797. The van der Waals surface area contributed by atoms with E-state index in [1.54, 1.807) is 77.0 Å². The fraction of sp³-hybridized carbons (Fsp3) is 0.296. The minimum absolute atomic E-state index is 0.209. The monoisotopic (exact) mass is 994 g/mol. The Labute approximate surface area is 410 Å². The Morgan fingerprint density at radius 2 is 0.600 bits per heavy atom. The van der Waals surface area contributed by atoms with Gasteiger partial charge in [0.1, 0.15) is 47.4 Å². The van der Waals surface area contributed by atoms with Crippen molar-refractivity contribution in [2.75, 3.05) is 77.9 Å². The smallest absolute Gasteiger partial charge is 0.306 e. The second-order valence-electron chi connectivity index (χ2n) is 15.9. The lowest BCUT2D eigenvalue weighted by atomic mass is 9.80. The number of carbonyl (C=O) groups excluding carboxylic acids is 2. The molecule has 14 nitrogen and oxygen atoms in total. The van der Waals surface area contributed by atoms with E-state index in [1.165, 1.54) is 0 Å². The van der Waals surface area contributed by atoms with Gasteiger partial charge in [0, 0.05) is 0 Å². The fourth-order valence-corrected chi connectivity index (χ4v) is 9.67. The summed E-state index contributed by atoms with van der Waals surface area (Å²) in [5.74, 6) is -0.810. The van der Waals surface area contributed by atoms with E-state index in [1.807, 2.05) is 109 Å². The molecule has 6 aromatic carbocycles. The van der Waals surface area contributed by atoms with Gasteiger partial charge in [-0.1, -0.05) is 109 Å². The lowest BCUT2D eigenvalue weighted by molar-refractivity contribution is -0.149. The van der Waals surface area contributed by atoms with Gasteiger partial charge in [0.15, 0.2) is 19.7 Å². The maximum atomic E-state index is 13.2. The highest BCUT2D eigenvalue weighted by Gasteiger charge is 2.40. The Balaban J connectivity index is 0.984. The van der Waals surface area contributed by atoms with E-state index in [4.69, 9.17) is 37.9 Å². The number of sulfone groups is 2. The van der Waals surface area contributed by atoms with E-state index in [0.717, 1.165) is 33.4 Å². The second kappa shape index (κ2) is 24.7. The van der Waals surface area contributed by atoms with Crippen LogP contribution in [0.3, 0.4) is 0 Å². The van der Waals surface area contributed by atoms with Gasteiger partial charge in [-0.05, 0) is 81.9 Å². The molecule has 0 amide bonds. The van der Waals surface area contributed by atoms with Crippen molar-refractivity contribution < 1.29 is 64.3 Å². The molecule has 0 saturated heterocycles. The number of carbonyl (C=O) groups is 2. The number of ether oxygens (including phenoxy) is 8. The first kappa shape index (κ1) is 52.6. The van der Waals surface area contributed by atoms with Gasteiger partial charge in [0.2, 0.25) is 0 Å². The second-order valence-corrected chi connectivity index (χ2v) is 20.6. The molecule has 0 aliphatic carbocycles. The van der Waals surface area contributed by atoms with E-state index in [-0.39, 0.29) is 24.7 Å². The van der Waals surface area contributed by atoms with E-state index in [9.17, 15) is 26.4 Å². The summed E-state index contributed by atoms with van der Waals surface area (Å²) in [5, 5.41) is 0. The fourth-order valence-electron chi connectivity index (χ4n) is 7.91. The van der Waals surface area contributed by atoms with Gasteiger partial charge in [0.25, 0.3) is 0 Å². The Morgan fingerprint density at radius 3 is 0.857 bits per heavy atom. The number of esters is 2. The third-order valence-corrected chi connectivity index (χ3v) is 14.8. The predicted octanol–water partition coefficient (Wildman–Crippen LogP) is 7.73. The highest BCUT2D eigenvalue weighted by atomic mass is 32.2. The van der Waals surface area contributed by atoms with Crippen LogP contribution in [0, 0.1) is 0 Å². The van der Waals surface area contributed by atoms with Gasteiger partial charge in [-0.2, -0.15) is 0 Å². The van der Waals surface area contributed by atoms with E-state index in [2.05, 4.69) is 0 Å². The number of hydrogen-bond acceptors (Lipinski definition) is 14. The molecule has 370 valence electrons. The predicted molar refractivity (Wildman–Crippen MR) is 265 cm³/mol. The first-order chi connectivity index (χ1) is 33.8. The van der Waals surface area contributed by atoms with Gasteiger partial charge in [-0.3, -0.25) is 9.59 Å². The van der Waals surface area contributed by atoms with Crippen molar-refractivity contribution in [3.63, 3.8) is 0 Å². The molecule has 0 N–H and O–H groups in total. The molecule has 0 aliphatic heterocycles. The highest BCUT2D eigenvalue weighted by molar-refractivity contribution is 7.91.